The second-order valence-corrected chi connectivity index (χ2v) is 7.55. The van der Waals surface area contributed by atoms with Crippen LogP contribution in [0.4, 0.5) is 20.6 Å². The molecule has 1 saturated heterocycles. The minimum atomic E-state index is -0.496. The number of ketones is 1. The molecule has 0 spiro atoms. The highest BCUT2D eigenvalue weighted by molar-refractivity contribution is 6.10. The lowest BCUT2D eigenvalue weighted by molar-refractivity contribution is 0.0953. The number of amides is 2. The topological polar surface area (TPSA) is 83.1 Å². The summed E-state index contributed by atoms with van der Waals surface area (Å²) < 4.78 is 13.8. The summed E-state index contributed by atoms with van der Waals surface area (Å²) >= 11 is 0. The normalized spacial score (nSPS) is 22.2. The molecule has 2 aliphatic rings. The molecular formula is C22H19FN4O2. The van der Waals surface area contributed by atoms with E-state index >= 15 is 0 Å². The molecule has 3 N–H and O–H groups in total. The van der Waals surface area contributed by atoms with E-state index in [9.17, 15) is 14.0 Å². The van der Waals surface area contributed by atoms with Gasteiger partial charge in [-0.25, -0.2) is 9.18 Å². The number of carbonyl (C=O) groups is 2. The molecule has 3 aromatic rings. The number of piperidine rings is 1. The van der Waals surface area contributed by atoms with E-state index < -0.39 is 11.8 Å². The molecule has 2 atom stereocenters. The van der Waals surface area contributed by atoms with Crippen molar-refractivity contribution in [3.8, 4) is 0 Å². The van der Waals surface area contributed by atoms with Crippen molar-refractivity contribution in [1.29, 1.82) is 0 Å². The smallest absolute Gasteiger partial charge is 0.316 e. The molecule has 1 aromatic heterocycles. The fraction of sp³-hybridized carbons (Fsp3) is 0.227. The number of fused-ring (bicyclic) bond motifs is 2. The molecule has 2 unspecified atom stereocenters. The van der Waals surface area contributed by atoms with Gasteiger partial charge in [-0.3, -0.25) is 9.78 Å². The Labute approximate surface area is 166 Å². The zero-order valence-electron chi connectivity index (χ0n) is 15.5. The summed E-state index contributed by atoms with van der Waals surface area (Å²) in [5.74, 6) is -0.0574. The predicted molar refractivity (Wildman–Crippen MR) is 108 cm³/mol. The van der Waals surface area contributed by atoms with Gasteiger partial charge in [-0.05, 0) is 55.3 Å². The van der Waals surface area contributed by atoms with Crippen LogP contribution in [0.5, 0.6) is 0 Å². The summed E-state index contributed by atoms with van der Waals surface area (Å²) in [5, 5.41) is 10.5. The molecule has 2 amide bonds. The summed E-state index contributed by atoms with van der Waals surface area (Å²) in [6.45, 7) is 1.63. The van der Waals surface area contributed by atoms with E-state index in [-0.39, 0.29) is 17.3 Å². The van der Waals surface area contributed by atoms with Crippen LogP contribution in [0.3, 0.4) is 0 Å². The Bertz CT molecular complexity index is 1120. The van der Waals surface area contributed by atoms with Crippen LogP contribution in [0.2, 0.25) is 0 Å². The maximum Gasteiger partial charge on any atom is 0.323 e. The van der Waals surface area contributed by atoms with Crippen molar-refractivity contribution in [1.82, 2.24) is 10.3 Å². The van der Waals surface area contributed by atoms with Crippen molar-refractivity contribution >= 4 is 34.0 Å². The van der Waals surface area contributed by atoms with Gasteiger partial charge < -0.3 is 16.0 Å². The van der Waals surface area contributed by atoms with Gasteiger partial charge in [0.2, 0.25) is 0 Å². The van der Waals surface area contributed by atoms with Gasteiger partial charge in [-0.15, -0.1) is 0 Å². The maximum atomic E-state index is 13.8. The van der Waals surface area contributed by atoms with Crippen LogP contribution in [0.1, 0.15) is 10.4 Å². The van der Waals surface area contributed by atoms with Crippen LogP contribution < -0.4 is 16.0 Å². The molecule has 6 nitrogen and oxygen atoms in total. The quantitative estimate of drug-likeness (QED) is 0.594. The number of hydrogen-bond donors (Lipinski definition) is 3. The monoisotopic (exact) mass is 390 g/mol. The number of aromatic nitrogens is 1. The molecule has 146 valence electrons. The van der Waals surface area contributed by atoms with E-state index in [2.05, 4.69) is 20.9 Å². The molecule has 1 aliphatic heterocycles. The van der Waals surface area contributed by atoms with E-state index in [4.69, 9.17) is 0 Å². The third-order valence-corrected chi connectivity index (χ3v) is 5.82. The SMILES string of the molecule is O=C(Nc1ccc(F)cc1C(=O)C1C2CNCC21)Nc1cccc2cnccc12. The number of nitrogens with one attached hydrogen (secondary N) is 3. The average molecular weight is 390 g/mol. The Balaban J connectivity index is 1.37. The molecule has 7 heteroatoms. The standard InChI is InChI=1S/C22H19FN4O2/c23-13-4-5-19(15(8-13)21(28)20-16-10-25-11-17(16)20)27-22(29)26-18-3-1-2-12-9-24-7-6-14(12)18/h1-9,16-17,20,25H,10-11H2,(H2,26,27,29). The summed E-state index contributed by atoms with van der Waals surface area (Å²) in [6.07, 6.45) is 3.38. The lowest BCUT2D eigenvalue weighted by Crippen LogP contribution is -2.23. The Morgan fingerprint density at radius 3 is 2.66 bits per heavy atom. The summed E-state index contributed by atoms with van der Waals surface area (Å²) in [5.41, 5.74) is 1.16. The van der Waals surface area contributed by atoms with Gasteiger partial charge in [-0.1, -0.05) is 12.1 Å². The summed E-state index contributed by atoms with van der Waals surface area (Å²) in [4.78, 5) is 29.6. The third-order valence-electron chi connectivity index (χ3n) is 5.82. The fourth-order valence-electron chi connectivity index (χ4n) is 4.32. The average Bonchev–Trinajstić information content (AvgIpc) is 3.20. The molecule has 0 radical (unpaired) electrons. The van der Waals surface area contributed by atoms with E-state index in [1.807, 2.05) is 18.2 Å². The zero-order chi connectivity index (χ0) is 20.0. The van der Waals surface area contributed by atoms with Gasteiger partial charge in [0.25, 0.3) is 0 Å². The van der Waals surface area contributed by atoms with E-state index in [1.165, 1.54) is 18.2 Å². The highest BCUT2D eigenvalue weighted by Crippen LogP contribution is 2.50. The van der Waals surface area contributed by atoms with E-state index in [1.54, 1.807) is 18.5 Å². The van der Waals surface area contributed by atoms with Gasteiger partial charge in [0.1, 0.15) is 5.82 Å². The minimum absolute atomic E-state index is 0.0905. The first kappa shape index (κ1) is 17.8. The number of pyridine rings is 1. The number of carbonyl (C=O) groups excluding carboxylic acids is 2. The molecule has 0 bridgehead atoms. The Morgan fingerprint density at radius 1 is 1.03 bits per heavy atom. The minimum Gasteiger partial charge on any atom is -0.316 e. The van der Waals surface area contributed by atoms with Crippen LogP contribution in [-0.4, -0.2) is 29.9 Å². The van der Waals surface area contributed by atoms with Crippen LogP contribution >= 0.6 is 0 Å². The molecule has 2 fully saturated rings. The number of rotatable bonds is 4. The van der Waals surface area contributed by atoms with Crippen molar-refractivity contribution in [2.24, 2.45) is 17.8 Å². The van der Waals surface area contributed by atoms with Gasteiger partial charge in [0.15, 0.2) is 5.78 Å². The molecular weight excluding hydrogens is 371 g/mol. The Kier molecular flexibility index (Phi) is 4.24. The first-order valence-corrected chi connectivity index (χ1v) is 9.57. The summed E-state index contributed by atoms with van der Waals surface area (Å²) in [7, 11) is 0. The van der Waals surface area contributed by atoms with Crippen LogP contribution in [0.15, 0.2) is 54.9 Å². The van der Waals surface area contributed by atoms with Gasteiger partial charge in [0.05, 0.1) is 11.4 Å². The predicted octanol–water partition coefficient (Wildman–Crippen LogP) is 3.67. The number of urea groups is 1. The summed E-state index contributed by atoms with van der Waals surface area (Å²) in [6, 6.07) is 10.7. The highest BCUT2D eigenvalue weighted by atomic mass is 19.1. The number of anilines is 2. The number of halogens is 1. The number of benzene rings is 2. The molecule has 1 aliphatic carbocycles. The fourth-order valence-corrected chi connectivity index (χ4v) is 4.32. The van der Waals surface area contributed by atoms with Crippen LogP contribution in [0.25, 0.3) is 10.8 Å². The van der Waals surface area contributed by atoms with Crippen molar-refractivity contribution in [3.63, 3.8) is 0 Å². The third kappa shape index (κ3) is 3.23. The van der Waals surface area contributed by atoms with Gasteiger partial charge in [-0.2, -0.15) is 0 Å². The first-order chi connectivity index (χ1) is 14.1. The largest absolute Gasteiger partial charge is 0.323 e. The molecule has 1 saturated carbocycles. The second-order valence-electron chi connectivity index (χ2n) is 7.55. The molecule has 5 rings (SSSR count). The Hall–Kier alpha value is -3.32. The molecule has 2 aromatic carbocycles. The zero-order valence-corrected chi connectivity index (χ0v) is 15.5. The maximum absolute atomic E-state index is 13.8. The van der Waals surface area contributed by atoms with Gasteiger partial charge in [0, 0.05) is 34.6 Å². The van der Waals surface area contributed by atoms with Crippen LogP contribution in [-0.2, 0) is 0 Å². The second kappa shape index (κ2) is 6.93. The Morgan fingerprint density at radius 2 is 1.83 bits per heavy atom. The first-order valence-electron chi connectivity index (χ1n) is 9.57. The van der Waals surface area contributed by atoms with Crippen molar-refractivity contribution < 1.29 is 14.0 Å². The highest BCUT2D eigenvalue weighted by Gasteiger charge is 2.57. The van der Waals surface area contributed by atoms with Crippen molar-refractivity contribution in [2.75, 3.05) is 23.7 Å². The lowest BCUT2D eigenvalue weighted by Gasteiger charge is -2.13. The van der Waals surface area contributed by atoms with Gasteiger partial charge >= 0.3 is 6.03 Å². The molecule has 29 heavy (non-hydrogen) atoms. The van der Waals surface area contributed by atoms with E-state index in [0.717, 1.165) is 23.9 Å². The number of hydrogen-bond acceptors (Lipinski definition) is 4. The van der Waals surface area contributed by atoms with Crippen LogP contribution in [0, 0.1) is 23.6 Å². The van der Waals surface area contributed by atoms with E-state index in [0.29, 0.717) is 23.2 Å². The number of Topliss-reactive ketones (excluding diaryl/α,β-unsaturated/α-hetero) is 1. The van der Waals surface area contributed by atoms with Crippen molar-refractivity contribution in [3.05, 3.63) is 66.2 Å². The number of nitrogens with zero attached hydrogens (tertiary/aromatic N) is 1. The lowest BCUT2D eigenvalue weighted by atomic mass is 10.0. The molecule has 2 heterocycles. The van der Waals surface area contributed by atoms with Crippen molar-refractivity contribution in [2.45, 2.75) is 0 Å².